The zero-order valence-electron chi connectivity index (χ0n) is 12.6. The zero-order chi connectivity index (χ0) is 16.1. The summed E-state index contributed by atoms with van der Waals surface area (Å²) >= 11 is 0. The van der Waals surface area contributed by atoms with Crippen LogP contribution in [0.2, 0.25) is 0 Å². The van der Waals surface area contributed by atoms with Crippen LogP contribution in [-0.4, -0.2) is 33.6 Å². The third kappa shape index (κ3) is 2.79. The van der Waals surface area contributed by atoms with Crippen molar-refractivity contribution in [1.82, 2.24) is 0 Å². The van der Waals surface area contributed by atoms with Gasteiger partial charge in [-0.2, -0.15) is 0 Å². The quantitative estimate of drug-likeness (QED) is 0.627. The first kappa shape index (κ1) is 15.6. The standard InChI is InChI=1S/C17H16O5/c1-20-15-9-11(17(19)22-3)7-8-13(15)14-6-4-5-12(10-18)16(14)21-2/h4-10H,1-3H3. The zero-order valence-corrected chi connectivity index (χ0v) is 12.6. The van der Waals surface area contributed by atoms with E-state index >= 15 is 0 Å². The molecule has 0 saturated carbocycles. The fourth-order valence-corrected chi connectivity index (χ4v) is 2.25. The van der Waals surface area contributed by atoms with Gasteiger partial charge in [0.1, 0.15) is 11.5 Å². The van der Waals surface area contributed by atoms with Crippen molar-refractivity contribution in [2.45, 2.75) is 0 Å². The molecule has 114 valence electrons. The Morgan fingerprint density at radius 3 is 2.36 bits per heavy atom. The molecular formula is C17H16O5. The Balaban J connectivity index is 2.62. The number of hydrogen-bond donors (Lipinski definition) is 0. The van der Waals surface area contributed by atoms with Crippen molar-refractivity contribution in [3.05, 3.63) is 47.5 Å². The fraction of sp³-hybridized carbons (Fsp3) is 0.176. The van der Waals surface area contributed by atoms with Crippen LogP contribution in [0, 0.1) is 0 Å². The summed E-state index contributed by atoms with van der Waals surface area (Å²) < 4.78 is 15.4. The molecule has 2 aromatic rings. The second-order valence-corrected chi connectivity index (χ2v) is 4.45. The van der Waals surface area contributed by atoms with E-state index in [0.29, 0.717) is 28.2 Å². The first-order valence-electron chi connectivity index (χ1n) is 6.55. The van der Waals surface area contributed by atoms with Gasteiger partial charge in [-0.3, -0.25) is 4.79 Å². The highest BCUT2D eigenvalue weighted by atomic mass is 16.5. The molecule has 0 aromatic heterocycles. The number of hydrogen-bond acceptors (Lipinski definition) is 5. The Hall–Kier alpha value is -2.82. The van der Waals surface area contributed by atoms with Gasteiger partial charge in [0.15, 0.2) is 6.29 Å². The van der Waals surface area contributed by atoms with Crippen LogP contribution < -0.4 is 9.47 Å². The van der Waals surface area contributed by atoms with Gasteiger partial charge in [-0.25, -0.2) is 4.79 Å². The van der Waals surface area contributed by atoms with Gasteiger partial charge in [-0.15, -0.1) is 0 Å². The van der Waals surface area contributed by atoms with Crippen LogP contribution in [0.5, 0.6) is 11.5 Å². The summed E-state index contributed by atoms with van der Waals surface area (Å²) in [5, 5.41) is 0. The van der Waals surface area contributed by atoms with Gasteiger partial charge in [0.05, 0.1) is 32.5 Å². The highest BCUT2D eigenvalue weighted by Crippen LogP contribution is 2.38. The van der Waals surface area contributed by atoms with Crippen LogP contribution in [0.25, 0.3) is 11.1 Å². The average molecular weight is 300 g/mol. The van der Waals surface area contributed by atoms with E-state index in [2.05, 4.69) is 0 Å². The lowest BCUT2D eigenvalue weighted by Gasteiger charge is -2.14. The second kappa shape index (κ2) is 6.76. The predicted molar refractivity (Wildman–Crippen MR) is 81.7 cm³/mol. The number of esters is 1. The molecule has 0 aliphatic carbocycles. The largest absolute Gasteiger partial charge is 0.496 e. The SMILES string of the molecule is COC(=O)c1ccc(-c2cccc(C=O)c2OC)c(OC)c1. The van der Waals surface area contributed by atoms with Crippen LogP contribution in [0.15, 0.2) is 36.4 Å². The molecule has 0 aliphatic rings. The maximum Gasteiger partial charge on any atom is 0.337 e. The van der Waals surface area contributed by atoms with E-state index in [1.807, 2.05) is 6.07 Å². The Morgan fingerprint density at radius 1 is 1.00 bits per heavy atom. The van der Waals surface area contributed by atoms with Crippen molar-refractivity contribution in [2.75, 3.05) is 21.3 Å². The molecule has 0 fully saturated rings. The minimum atomic E-state index is -0.446. The molecule has 0 N–H and O–H groups in total. The second-order valence-electron chi connectivity index (χ2n) is 4.45. The summed E-state index contributed by atoms with van der Waals surface area (Å²) in [6.45, 7) is 0. The molecule has 2 rings (SSSR count). The molecule has 0 radical (unpaired) electrons. The van der Waals surface area contributed by atoms with Crippen molar-refractivity contribution < 1.29 is 23.8 Å². The van der Waals surface area contributed by atoms with E-state index in [0.717, 1.165) is 11.8 Å². The smallest absolute Gasteiger partial charge is 0.337 e. The molecule has 0 heterocycles. The maximum absolute atomic E-state index is 11.6. The lowest BCUT2D eigenvalue weighted by Crippen LogP contribution is -2.02. The van der Waals surface area contributed by atoms with Crippen LogP contribution in [0.4, 0.5) is 0 Å². The number of benzene rings is 2. The Bertz CT molecular complexity index is 706. The predicted octanol–water partition coefficient (Wildman–Crippen LogP) is 2.97. The molecule has 22 heavy (non-hydrogen) atoms. The first-order chi connectivity index (χ1) is 10.7. The molecule has 2 aromatic carbocycles. The number of carbonyl (C=O) groups excluding carboxylic acids is 2. The van der Waals surface area contributed by atoms with Crippen LogP contribution in [-0.2, 0) is 4.74 Å². The fourth-order valence-electron chi connectivity index (χ4n) is 2.25. The topological polar surface area (TPSA) is 61.8 Å². The minimum absolute atomic E-state index is 0.383. The summed E-state index contributed by atoms with van der Waals surface area (Å²) in [6, 6.07) is 10.2. The lowest BCUT2D eigenvalue weighted by atomic mass is 9.99. The Morgan fingerprint density at radius 2 is 1.77 bits per heavy atom. The molecule has 0 saturated heterocycles. The molecule has 0 amide bonds. The van der Waals surface area contributed by atoms with E-state index in [-0.39, 0.29) is 0 Å². The summed E-state index contributed by atoms with van der Waals surface area (Å²) in [6.07, 6.45) is 0.734. The van der Waals surface area contributed by atoms with Crippen molar-refractivity contribution in [3.8, 4) is 22.6 Å². The minimum Gasteiger partial charge on any atom is -0.496 e. The maximum atomic E-state index is 11.6. The molecule has 0 atom stereocenters. The summed E-state index contributed by atoms with van der Waals surface area (Å²) in [5.74, 6) is 0.504. The van der Waals surface area contributed by atoms with Crippen molar-refractivity contribution in [3.63, 3.8) is 0 Å². The number of aldehydes is 1. The molecule has 5 nitrogen and oxygen atoms in total. The molecule has 0 unspecified atom stereocenters. The van der Waals surface area contributed by atoms with Gasteiger partial charge in [0.2, 0.25) is 0 Å². The van der Waals surface area contributed by atoms with Crippen molar-refractivity contribution >= 4 is 12.3 Å². The van der Waals surface area contributed by atoms with Gasteiger partial charge in [0.25, 0.3) is 0 Å². The summed E-state index contributed by atoms with van der Waals surface area (Å²) in [4.78, 5) is 22.7. The number of methoxy groups -OCH3 is 3. The lowest BCUT2D eigenvalue weighted by molar-refractivity contribution is 0.0600. The highest BCUT2D eigenvalue weighted by molar-refractivity contribution is 5.92. The Kier molecular flexibility index (Phi) is 4.78. The van der Waals surface area contributed by atoms with Crippen molar-refractivity contribution in [2.24, 2.45) is 0 Å². The summed E-state index contributed by atoms with van der Waals surface area (Å²) in [7, 11) is 4.33. The summed E-state index contributed by atoms with van der Waals surface area (Å²) in [5.41, 5.74) is 2.25. The van der Waals surface area contributed by atoms with E-state index in [1.54, 1.807) is 30.3 Å². The highest BCUT2D eigenvalue weighted by Gasteiger charge is 2.16. The monoisotopic (exact) mass is 300 g/mol. The van der Waals surface area contributed by atoms with Crippen LogP contribution in [0.3, 0.4) is 0 Å². The van der Waals surface area contributed by atoms with Gasteiger partial charge >= 0.3 is 5.97 Å². The molecule has 0 bridgehead atoms. The van der Waals surface area contributed by atoms with E-state index < -0.39 is 5.97 Å². The normalized spacial score (nSPS) is 9.95. The number of para-hydroxylation sites is 1. The van der Waals surface area contributed by atoms with Gasteiger partial charge in [-0.1, -0.05) is 12.1 Å². The molecular weight excluding hydrogens is 284 g/mol. The number of carbonyl (C=O) groups is 2. The Labute approximate surface area is 128 Å². The van der Waals surface area contributed by atoms with E-state index in [1.165, 1.54) is 21.3 Å². The van der Waals surface area contributed by atoms with Gasteiger partial charge < -0.3 is 14.2 Å². The average Bonchev–Trinajstić information content (AvgIpc) is 2.59. The van der Waals surface area contributed by atoms with Crippen LogP contribution in [0.1, 0.15) is 20.7 Å². The molecule has 0 aliphatic heterocycles. The third-order valence-corrected chi connectivity index (χ3v) is 3.29. The van der Waals surface area contributed by atoms with Crippen molar-refractivity contribution in [1.29, 1.82) is 0 Å². The van der Waals surface area contributed by atoms with Gasteiger partial charge in [-0.05, 0) is 24.3 Å². The van der Waals surface area contributed by atoms with Gasteiger partial charge in [0, 0.05) is 11.1 Å². The molecule has 0 spiro atoms. The van der Waals surface area contributed by atoms with E-state index in [9.17, 15) is 9.59 Å². The first-order valence-corrected chi connectivity index (χ1v) is 6.55. The van der Waals surface area contributed by atoms with E-state index in [4.69, 9.17) is 14.2 Å². The van der Waals surface area contributed by atoms with Crippen LogP contribution >= 0.6 is 0 Å². The third-order valence-electron chi connectivity index (χ3n) is 3.29. The number of rotatable bonds is 5. The number of ether oxygens (including phenoxy) is 3. The molecule has 5 heteroatoms.